The first-order valence-corrected chi connectivity index (χ1v) is 10.7. The van der Waals surface area contributed by atoms with E-state index < -0.39 is 16.9 Å². The van der Waals surface area contributed by atoms with Crippen molar-refractivity contribution < 1.29 is 13.6 Å². The Hall–Kier alpha value is -3.52. The lowest BCUT2D eigenvalue weighted by Crippen LogP contribution is -2.27. The lowest BCUT2D eigenvalue weighted by Gasteiger charge is -2.20. The lowest BCUT2D eigenvalue weighted by molar-refractivity contribution is -0.128. The first kappa shape index (κ1) is 21.7. The minimum Gasteiger partial charge on any atom is -0.348 e. The van der Waals surface area contributed by atoms with Gasteiger partial charge in [-0.05, 0) is 17.7 Å². The maximum absolute atomic E-state index is 14.8. The topological polar surface area (TPSA) is 51.0 Å². The molecule has 0 N–H and O–H groups in total. The van der Waals surface area contributed by atoms with E-state index in [0.29, 0.717) is 16.5 Å². The van der Waals surface area contributed by atoms with Crippen LogP contribution in [0.1, 0.15) is 10.8 Å². The van der Waals surface area contributed by atoms with Crippen molar-refractivity contribution in [3.63, 3.8) is 0 Å². The summed E-state index contributed by atoms with van der Waals surface area (Å²) < 4.78 is 30.0. The molecule has 0 bridgehead atoms. The molecule has 1 aromatic heterocycles. The van der Waals surface area contributed by atoms with E-state index >= 15 is 0 Å². The summed E-state index contributed by atoms with van der Waals surface area (Å²) in [6.07, 6.45) is 0. The fourth-order valence-electron chi connectivity index (χ4n) is 3.23. The number of amides is 1. The molecule has 5 nitrogen and oxygen atoms in total. The van der Waals surface area contributed by atoms with Gasteiger partial charge in [-0.2, -0.15) is 0 Å². The van der Waals surface area contributed by atoms with Crippen LogP contribution in [0.15, 0.2) is 84.0 Å². The van der Waals surface area contributed by atoms with Crippen molar-refractivity contribution in [2.75, 3.05) is 14.1 Å². The quantitative estimate of drug-likeness (QED) is 0.382. The summed E-state index contributed by atoms with van der Waals surface area (Å²) >= 11 is 1.17. The first-order chi connectivity index (χ1) is 15.5. The van der Waals surface area contributed by atoms with E-state index in [9.17, 15) is 13.6 Å². The molecular weight excluding hydrogens is 430 g/mol. The molecule has 0 aliphatic carbocycles. The van der Waals surface area contributed by atoms with E-state index in [4.69, 9.17) is 0 Å². The Balaban J connectivity index is 1.86. The molecule has 0 radical (unpaired) electrons. The number of likely N-dealkylation sites (N-methyl/N-ethyl adjacent to an activating group) is 1. The third-order valence-corrected chi connectivity index (χ3v) is 5.99. The molecule has 3 aromatic carbocycles. The normalized spacial score (nSPS) is 11.9. The van der Waals surface area contributed by atoms with Crippen LogP contribution in [-0.4, -0.2) is 39.7 Å². The molecule has 0 aliphatic heterocycles. The van der Waals surface area contributed by atoms with Crippen molar-refractivity contribution in [3.05, 3.63) is 96.1 Å². The molecule has 0 fully saturated rings. The number of carbonyl (C=O) groups excluding carboxylic acids is 1. The van der Waals surface area contributed by atoms with Gasteiger partial charge in [0.05, 0.1) is 5.69 Å². The fourth-order valence-corrected chi connectivity index (χ4v) is 4.42. The summed E-state index contributed by atoms with van der Waals surface area (Å²) in [5.41, 5.74) is 1.60. The van der Waals surface area contributed by atoms with Crippen molar-refractivity contribution in [2.24, 2.45) is 0 Å². The van der Waals surface area contributed by atoms with Crippen LogP contribution < -0.4 is 0 Å². The summed E-state index contributed by atoms with van der Waals surface area (Å²) in [5, 5.41) is 8.26. The van der Waals surface area contributed by atoms with E-state index in [1.54, 1.807) is 14.1 Å². The SMILES string of the molecule is CN(C)C(=O)[C@H](Sc1nnc(-c2ccccc2)n1-c1ccc(F)cc1F)c1ccccc1. The third kappa shape index (κ3) is 4.40. The fraction of sp³-hybridized carbons (Fsp3) is 0.125. The van der Waals surface area contributed by atoms with Gasteiger partial charge in [-0.1, -0.05) is 72.4 Å². The van der Waals surface area contributed by atoms with Gasteiger partial charge in [0.1, 0.15) is 16.9 Å². The molecule has 0 unspecified atom stereocenters. The van der Waals surface area contributed by atoms with Crippen LogP contribution in [0.3, 0.4) is 0 Å². The molecule has 4 rings (SSSR count). The Kier molecular flexibility index (Phi) is 6.32. The standard InChI is InChI=1S/C24H20F2N4OS/c1-29(2)23(31)21(16-9-5-3-6-10-16)32-24-28-27-22(17-11-7-4-8-12-17)30(24)20-14-13-18(25)15-19(20)26/h3-15,21H,1-2H3/t21-/m1/s1. The second-order valence-corrected chi connectivity index (χ2v) is 8.32. The van der Waals surface area contributed by atoms with Gasteiger partial charge in [0.25, 0.3) is 0 Å². The molecule has 162 valence electrons. The van der Waals surface area contributed by atoms with Gasteiger partial charge in [0.2, 0.25) is 5.91 Å². The molecular formula is C24H20F2N4OS. The summed E-state index contributed by atoms with van der Waals surface area (Å²) in [6, 6.07) is 21.8. The average Bonchev–Trinajstić information content (AvgIpc) is 3.21. The van der Waals surface area contributed by atoms with Gasteiger partial charge in [-0.25, -0.2) is 8.78 Å². The number of benzene rings is 3. The number of thioether (sulfide) groups is 1. The molecule has 1 heterocycles. The highest BCUT2D eigenvalue weighted by Crippen LogP contribution is 2.38. The zero-order valence-electron chi connectivity index (χ0n) is 17.4. The third-order valence-electron chi connectivity index (χ3n) is 4.81. The zero-order chi connectivity index (χ0) is 22.7. The minimum atomic E-state index is -0.751. The Labute approximate surface area is 188 Å². The van der Waals surface area contributed by atoms with Crippen molar-refractivity contribution >= 4 is 17.7 Å². The maximum atomic E-state index is 14.8. The number of aromatic nitrogens is 3. The second kappa shape index (κ2) is 9.32. The summed E-state index contributed by atoms with van der Waals surface area (Å²) in [5.74, 6) is -1.18. The lowest BCUT2D eigenvalue weighted by atomic mass is 10.1. The van der Waals surface area contributed by atoms with Gasteiger partial charge < -0.3 is 4.90 Å². The summed E-state index contributed by atoms with van der Waals surface area (Å²) in [4.78, 5) is 14.5. The maximum Gasteiger partial charge on any atom is 0.240 e. The van der Waals surface area contributed by atoms with Gasteiger partial charge >= 0.3 is 0 Å². The van der Waals surface area contributed by atoms with Crippen molar-refractivity contribution in [2.45, 2.75) is 10.4 Å². The average molecular weight is 451 g/mol. The molecule has 0 saturated heterocycles. The number of hydrogen-bond donors (Lipinski definition) is 0. The van der Waals surface area contributed by atoms with Crippen molar-refractivity contribution in [1.82, 2.24) is 19.7 Å². The van der Waals surface area contributed by atoms with E-state index in [0.717, 1.165) is 11.6 Å². The molecule has 1 amide bonds. The van der Waals surface area contributed by atoms with Crippen LogP contribution in [0.4, 0.5) is 8.78 Å². The highest BCUT2D eigenvalue weighted by molar-refractivity contribution is 8.00. The molecule has 32 heavy (non-hydrogen) atoms. The van der Waals surface area contributed by atoms with E-state index in [-0.39, 0.29) is 11.6 Å². The van der Waals surface area contributed by atoms with Gasteiger partial charge in [-0.3, -0.25) is 9.36 Å². The summed E-state index contributed by atoms with van der Waals surface area (Å²) in [7, 11) is 3.36. The number of halogens is 2. The predicted molar refractivity (Wildman–Crippen MR) is 120 cm³/mol. The number of nitrogens with zero attached hydrogens (tertiary/aromatic N) is 4. The zero-order valence-corrected chi connectivity index (χ0v) is 18.3. The Morgan fingerprint density at radius 1 is 0.938 bits per heavy atom. The largest absolute Gasteiger partial charge is 0.348 e. The van der Waals surface area contributed by atoms with Crippen LogP contribution in [0.2, 0.25) is 0 Å². The number of rotatable bonds is 6. The van der Waals surface area contributed by atoms with Gasteiger partial charge in [0.15, 0.2) is 11.0 Å². The van der Waals surface area contributed by atoms with E-state index in [1.165, 1.54) is 33.4 Å². The number of carbonyl (C=O) groups is 1. The Morgan fingerprint density at radius 3 is 2.22 bits per heavy atom. The van der Waals surface area contributed by atoms with Gasteiger partial charge in [0, 0.05) is 25.7 Å². The highest BCUT2D eigenvalue weighted by Gasteiger charge is 2.28. The number of hydrogen-bond acceptors (Lipinski definition) is 4. The monoisotopic (exact) mass is 450 g/mol. The second-order valence-electron chi connectivity index (χ2n) is 7.24. The van der Waals surface area contributed by atoms with Crippen LogP contribution in [0.25, 0.3) is 17.1 Å². The predicted octanol–water partition coefficient (Wildman–Crippen LogP) is 5.13. The van der Waals surface area contributed by atoms with Gasteiger partial charge in [-0.15, -0.1) is 10.2 Å². The molecule has 0 aliphatic rings. The summed E-state index contributed by atoms with van der Waals surface area (Å²) in [6.45, 7) is 0. The smallest absolute Gasteiger partial charge is 0.240 e. The van der Waals surface area contributed by atoms with Crippen molar-refractivity contribution in [3.8, 4) is 17.1 Å². The molecule has 1 atom stereocenters. The van der Waals surface area contributed by atoms with Crippen LogP contribution in [0.5, 0.6) is 0 Å². The van der Waals surface area contributed by atoms with Crippen LogP contribution in [0, 0.1) is 11.6 Å². The Morgan fingerprint density at radius 2 is 1.59 bits per heavy atom. The highest BCUT2D eigenvalue weighted by atomic mass is 32.2. The van der Waals surface area contributed by atoms with E-state index in [1.807, 2.05) is 60.7 Å². The van der Waals surface area contributed by atoms with E-state index in [2.05, 4.69) is 10.2 Å². The van der Waals surface area contributed by atoms with Crippen molar-refractivity contribution in [1.29, 1.82) is 0 Å². The van der Waals surface area contributed by atoms with Crippen LogP contribution in [-0.2, 0) is 4.79 Å². The first-order valence-electron chi connectivity index (χ1n) is 9.84. The Bertz CT molecular complexity index is 1230. The van der Waals surface area contributed by atoms with Crippen LogP contribution >= 0.6 is 11.8 Å². The molecule has 0 spiro atoms. The molecule has 4 aromatic rings. The minimum absolute atomic E-state index is 0.0990. The molecule has 0 saturated carbocycles. The molecule has 8 heteroatoms.